The van der Waals surface area contributed by atoms with Crippen molar-refractivity contribution in [3.63, 3.8) is 0 Å². The summed E-state index contributed by atoms with van der Waals surface area (Å²) in [6, 6.07) is 21.1. The minimum atomic E-state index is -0.435. The second-order valence-electron chi connectivity index (χ2n) is 5.87. The van der Waals surface area contributed by atoms with E-state index >= 15 is 0 Å². The molecule has 26 heavy (non-hydrogen) atoms. The topological polar surface area (TPSA) is 62.7 Å². The lowest BCUT2D eigenvalue weighted by atomic mass is 10.1. The van der Waals surface area contributed by atoms with Crippen molar-refractivity contribution in [2.24, 2.45) is 5.10 Å². The second kappa shape index (κ2) is 8.16. The first-order chi connectivity index (χ1) is 12.7. The molecule has 3 aromatic rings. The summed E-state index contributed by atoms with van der Waals surface area (Å²) in [5.74, 6) is 0.483. The molecule has 0 heterocycles. The van der Waals surface area contributed by atoms with Crippen LogP contribution in [0.15, 0.2) is 71.8 Å². The molecule has 5 nitrogen and oxygen atoms in total. The van der Waals surface area contributed by atoms with E-state index in [1.165, 1.54) is 0 Å². The van der Waals surface area contributed by atoms with Gasteiger partial charge in [0.25, 0.3) is 5.91 Å². The molecule has 0 saturated carbocycles. The fourth-order valence-electron chi connectivity index (χ4n) is 2.69. The van der Waals surface area contributed by atoms with Crippen molar-refractivity contribution in [3.05, 3.63) is 72.3 Å². The smallest absolute Gasteiger partial charge is 0.262 e. The highest BCUT2D eigenvalue weighted by atomic mass is 16.5. The fourth-order valence-corrected chi connectivity index (χ4v) is 2.69. The molecule has 0 spiro atoms. The van der Waals surface area contributed by atoms with Crippen LogP contribution in [0.4, 0.5) is 5.69 Å². The summed E-state index contributed by atoms with van der Waals surface area (Å²) >= 11 is 0. The first-order valence-corrected chi connectivity index (χ1v) is 8.39. The number of para-hydroxylation sites is 1. The van der Waals surface area contributed by atoms with Crippen molar-refractivity contribution in [2.75, 3.05) is 12.4 Å². The molecule has 5 heteroatoms. The van der Waals surface area contributed by atoms with Crippen LogP contribution in [0.1, 0.15) is 12.5 Å². The zero-order valence-electron chi connectivity index (χ0n) is 14.8. The summed E-state index contributed by atoms with van der Waals surface area (Å²) in [7, 11) is 1.60. The predicted octanol–water partition coefficient (Wildman–Crippen LogP) is 3.80. The molecule has 0 aliphatic heterocycles. The van der Waals surface area contributed by atoms with Crippen LogP contribution in [0.25, 0.3) is 10.8 Å². The summed E-state index contributed by atoms with van der Waals surface area (Å²) in [4.78, 5) is 12.3. The highest BCUT2D eigenvalue weighted by Gasteiger charge is 2.13. The number of hydrogen-bond donors (Lipinski definition) is 2. The fraction of sp³-hybridized carbons (Fsp3) is 0.143. The molecule has 0 aliphatic carbocycles. The number of anilines is 1. The number of carbonyl (C=O) groups is 1. The van der Waals surface area contributed by atoms with E-state index in [4.69, 9.17) is 4.74 Å². The lowest BCUT2D eigenvalue weighted by Gasteiger charge is -2.15. The highest BCUT2D eigenvalue weighted by Crippen LogP contribution is 2.23. The van der Waals surface area contributed by atoms with Gasteiger partial charge >= 0.3 is 0 Å². The molecule has 1 amide bonds. The first kappa shape index (κ1) is 17.5. The number of ether oxygens (including phenoxy) is 1. The van der Waals surface area contributed by atoms with Crippen LogP contribution in [0.3, 0.4) is 0 Å². The maximum atomic E-state index is 12.3. The zero-order valence-corrected chi connectivity index (χ0v) is 14.8. The Morgan fingerprint density at radius 1 is 1.04 bits per heavy atom. The SMILES string of the molecule is COc1ccccc1/C=N/NC(=O)C(C)Nc1cccc2ccccc12. The van der Waals surface area contributed by atoms with Gasteiger partial charge in [-0.1, -0.05) is 48.5 Å². The molecule has 1 unspecified atom stereocenters. The number of methoxy groups -OCH3 is 1. The van der Waals surface area contributed by atoms with E-state index in [1.54, 1.807) is 20.2 Å². The van der Waals surface area contributed by atoms with E-state index in [0.29, 0.717) is 5.75 Å². The van der Waals surface area contributed by atoms with Crippen LogP contribution >= 0.6 is 0 Å². The third-order valence-electron chi connectivity index (χ3n) is 4.07. The van der Waals surface area contributed by atoms with Crippen LogP contribution in [0.2, 0.25) is 0 Å². The molecule has 3 rings (SSSR count). The molecule has 1 atom stereocenters. The molecule has 0 bridgehead atoms. The Balaban J connectivity index is 1.65. The molecule has 0 aromatic heterocycles. The summed E-state index contributed by atoms with van der Waals surface area (Å²) in [6.07, 6.45) is 1.57. The van der Waals surface area contributed by atoms with Gasteiger partial charge in [0.1, 0.15) is 11.8 Å². The lowest BCUT2D eigenvalue weighted by Crippen LogP contribution is -2.34. The summed E-state index contributed by atoms with van der Waals surface area (Å²) in [6.45, 7) is 1.80. The Bertz CT molecular complexity index is 932. The van der Waals surface area contributed by atoms with E-state index in [2.05, 4.69) is 15.8 Å². The minimum Gasteiger partial charge on any atom is -0.496 e. The van der Waals surface area contributed by atoms with Crippen molar-refractivity contribution >= 4 is 28.6 Å². The molecule has 132 valence electrons. The van der Waals surface area contributed by atoms with Gasteiger partial charge in [-0.25, -0.2) is 5.43 Å². The molecular weight excluding hydrogens is 326 g/mol. The van der Waals surface area contributed by atoms with Crippen LogP contribution in [-0.2, 0) is 4.79 Å². The Kier molecular flexibility index (Phi) is 5.49. The van der Waals surface area contributed by atoms with Crippen LogP contribution in [-0.4, -0.2) is 25.3 Å². The number of fused-ring (bicyclic) bond motifs is 1. The third kappa shape index (κ3) is 4.00. The van der Waals surface area contributed by atoms with Gasteiger partial charge in [0, 0.05) is 16.6 Å². The number of benzene rings is 3. The first-order valence-electron chi connectivity index (χ1n) is 8.39. The molecule has 0 aliphatic rings. The van der Waals surface area contributed by atoms with E-state index in [0.717, 1.165) is 22.0 Å². The second-order valence-corrected chi connectivity index (χ2v) is 5.87. The summed E-state index contributed by atoms with van der Waals surface area (Å²) < 4.78 is 5.25. The summed E-state index contributed by atoms with van der Waals surface area (Å²) in [5.41, 5.74) is 4.28. The van der Waals surface area contributed by atoms with Crippen LogP contribution in [0, 0.1) is 0 Å². The number of hydrogen-bond acceptors (Lipinski definition) is 4. The molecule has 0 saturated heterocycles. The van der Waals surface area contributed by atoms with Gasteiger partial charge in [-0.2, -0.15) is 5.10 Å². The van der Waals surface area contributed by atoms with Crippen LogP contribution in [0.5, 0.6) is 5.75 Å². The van der Waals surface area contributed by atoms with Gasteiger partial charge in [-0.15, -0.1) is 0 Å². The molecular formula is C21H21N3O2. The Morgan fingerprint density at radius 3 is 2.62 bits per heavy atom. The number of carbonyl (C=O) groups excluding carboxylic acids is 1. The van der Waals surface area contributed by atoms with Crippen molar-refractivity contribution in [1.29, 1.82) is 0 Å². The molecule has 0 radical (unpaired) electrons. The average molecular weight is 347 g/mol. The predicted molar refractivity (Wildman–Crippen MR) is 106 cm³/mol. The van der Waals surface area contributed by atoms with Crippen molar-refractivity contribution in [1.82, 2.24) is 5.43 Å². The van der Waals surface area contributed by atoms with Gasteiger partial charge in [0.05, 0.1) is 13.3 Å². The quantitative estimate of drug-likeness (QED) is 0.527. The molecule has 3 aromatic carbocycles. The van der Waals surface area contributed by atoms with Gasteiger partial charge < -0.3 is 10.1 Å². The standard InChI is InChI=1S/C21H21N3O2/c1-15(23-19-12-7-10-16-8-3-5-11-18(16)19)21(25)24-22-14-17-9-4-6-13-20(17)26-2/h3-15,23H,1-2H3,(H,24,25)/b22-14+. The largest absolute Gasteiger partial charge is 0.496 e. The molecule has 0 fully saturated rings. The third-order valence-corrected chi connectivity index (χ3v) is 4.07. The maximum absolute atomic E-state index is 12.3. The van der Waals surface area contributed by atoms with Gasteiger partial charge in [0.15, 0.2) is 0 Å². The Morgan fingerprint density at radius 2 is 1.77 bits per heavy atom. The van der Waals surface area contributed by atoms with Crippen LogP contribution < -0.4 is 15.5 Å². The zero-order chi connectivity index (χ0) is 18.4. The van der Waals surface area contributed by atoms with E-state index in [9.17, 15) is 4.79 Å². The Hall–Kier alpha value is -3.34. The molecule has 2 N–H and O–H groups in total. The highest BCUT2D eigenvalue weighted by molar-refractivity contribution is 5.96. The number of amides is 1. The van der Waals surface area contributed by atoms with Gasteiger partial charge in [0.2, 0.25) is 0 Å². The normalized spacial score (nSPS) is 12.1. The van der Waals surface area contributed by atoms with Gasteiger partial charge in [-0.3, -0.25) is 4.79 Å². The van der Waals surface area contributed by atoms with Gasteiger partial charge in [-0.05, 0) is 30.5 Å². The monoisotopic (exact) mass is 347 g/mol. The number of nitrogens with one attached hydrogen (secondary N) is 2. The maximum Gasteiger partial charge on any atom is 0.262 e. The van der Waals surface area contributed by atoms with Crippen molar-refractivity contribution in [3.8, 4) is 5.75 Å². The lowest BCUT2D eigenvalue weighted by molar-refractivity contribution is -0.121. The van der Waals surface area contributed by atoms with Crippen molar-refractivity contribution in [2.45, 2.75) is 13.0 Å². The van der Waals surface area contributed by atoms with E-state index < -0.39 is 6.04 Å². The number of rotatable bonds is 6. The van der Waals surface area contributed by atoms with E-state index in [1.807, 2.05) is 66.7 Å². The average Bonchev–Trinajstić information content (AvgIpc) is 2.68. The Labute approximate surface area is 152 Å². The minimum absolute atomic E-state index is 0.218. The summed E-state index contributed by atoms with van der Waals surface area (Å²) in [5, 5.41) is 9.48. The van der Waals surface area contributed by atoms with E-state index in [-0.39, 0.29) is 5.91 Å². The number of hydrazone groups is 1. The number of nitrogens with zero attached hydrogens (tertiary/aromatic N) is 1. The van der Waals surface area contributed by atoms with Crippen molar-refractivity contribution < 1.29 is 9.53 Å².